The number of carbonyl (C=O) groups excluding carboxylic acids is 3. The molecule has 2 aromatic rings. The number of nitrogens with two attached hydrogens (primary N) is 3. The van der Waals surface area contributed by atoms with Crippen molar-refractivity contribution in [1.82, 2.24) is 15.5 Å². The summed E-state index contributed by atoms with van der Waals surface area (Å²) < 4.78 is 44.5. The van der Waals surface area contributed by atoms with Crippen molar-refractivity contribution in [3.63, 3.8) is 0 Å². The Morgan fingerprint density at radius 1 is 1.04 bits per heavy atom. The van der Waals surface area contributed by atoms with E-state index in [0.29, 0.717) is 30.5 Å². The zero-order valence-corrected chi connectivity index (χ0v) is 25.5. The van der Waals surface area contributed by atoms with Gasteiger partial charge in [0.25, 0.3) is 5.91 Å². The van der Waals surface area contributed by atoms with Crippen molar-refractivity contribution in [2.45, 2.75) is 63.4 Å². The van der Waals surface area contributed by atoms with Crippen molar-refractivity contribution in [3.8, 4) is 0 Å². The van der Waals surface area contributed by atoms with Gasteiger partial charge in [-0.1, -0.05) is 18.2 Å². The Labute approximate surface area is 261 Å². The van der Waals surface area contributed by atoms with E-state index >= 15 is 0 Å². The first-order valence-corrected chi connectivity index (χ1v) is 14.8. The largest absolute Gasteiger partial charge is 0.492 e. The number of aryl methyl sites for hydroxylation is 1. The molecular formula is C30H42BF3N6O5. The molecule has 0 spiro atoms. The van der Waals surface area contributed by atoms with Gasteiger partial charge in [-0.2, -0.15) is 13.2 Å². The molecule has 9 N–H and O–H groups in total. The van der Waals surface area contributed by atoms with Gasteiger partial charge in [0.2, 0.25) is 11.8 Å². The summed E-state index contributed by atoms with van der Waals surface area (Å²) in [7, 11) is -1.18. The van der Waals surface area contributed by atoms with Gasteiger partial charge in [-0.3, -0.25) is 14.4 Å². The SMILES string of the molecule is CC1(C)OB(O)c2cc(C(=O)NCC(CCc3ccc(C(F)(F)F)cc3)NC(=O)C(N)CCC(=O)N(CCN)CCN)ccc21. The fourth-order valence-electron chi connectivity index (χ4n) is 5.16. The van der Waals surface area contributed by atoms with Crippen LogP contribution in [-0.4, -0.2) is 79.6 Å². The number of halogens is 3. The maximum absolute atomic E-state index is 13.1. The van der Waals surface area contributed by atoms with Crippen molar-refractivity contribution in [2.75, 3.05) is 32.7 Å². The molecule has 3 amide bonds. The van der Waals surface area contributed by atoms with Gasteiger partial charge in [0.05, 0.1) is 17.2 Å². The van der Waals surface area contributed by atoms with Gasteiger partial charge in [-0.15, -0.1) is 0 Å². The lowest BCUT2D eigenvalue weighted by molar-refractivity contribution is -0.137. The summed E-state index contributed by atoms with van der Waals surface area (Å²) in [5.74, 6) is -1.23. The summed E-state index contributed by atoms with van der Waals surface area (Å²) in [4.78, 5) is 40.1. The lowest BCUT2D eigenvalue weighted by atomic mass is 9.77. The summed E-state index contributed by atoms with van der Waals surface area (Å²) in [6, 6.07) is 7.91. The van der Waals surface area contributed by atoms with E-state index in [2.05, 4.69) is 10.6 Å². The van der Waals surface area contributed by atoms with Crippen LogP contribution in [0.1, 0.15) is 60.2 Å². The van der Waals surface area contributed by atoms with E-state index in [9.17, 15) is 32.6 Å². The molecule has 3 rings (SSSR count). The molecule has 0 fully saturated rings. The van der Waals surface area contributed by atoms with Crippen LogP contribution in [0.5, 0.6) is 0 Å². The van der Waals surface area contributed by atoms with Crippen LogP contribution in [0.15, 0.2) is 42.5 Å². The average Bonchev–Trinajstić information content (AvgIpc) is 3.23. The Morgan fingerprint density at radius 3 is 2.29 bits per heavy atom. The first kappa shape index (κ1) is 36.0. The predicted octanol–water partition coefficient (Wildman–Crippen LogP) is 0.359. The molecule has 11 nitrogen and oxygen atoms in total. The van der Waals surface area contributed by atoms with E-state index in [1.54, 1.807) is 18.2 Å². The van der Waals surface area contributed by atoms with E-state index in [4.69, 9.17) is 21.9 Å². The number of carbonyl (C=O) groups is 3. The summed E-state index contributed by atoms with van der Waals surface area (Å²) in [5.41, 5.74) is 17.9. The van der Waals surface area contributed by atoms with Gasteiger partial charge in [-0.25, -0.2) is 0 Å². The second kappa shape index (κ2) is 15.7. The standard InChI is InChI=1S/C30H42BF3N6O5/c1-29(2)23-10-6-20(17-24(23)31(44)45-29)27(42)38-18-22(9-5-19-3-7-21(8-4-19)30(32,33)34)39-28(43)25(37)11-12-26(41)40(15-13-35)16-14-36/h3-4,6-8,10,17,22,25,44H,5,9,11-16,18,35-37H2,1-2H3,(H,38,42)(H,39,43). The summed E-state index contributed by atoms with van der Waals surface area (Å²) in [6.45, 7) is 4.80. The maximum atomic E-state index is 13.1. The molecule has 45 heavy (non-hydrogen) atoms. The number of rotatable bonds is 15. The lowest BCUT2D eigenvalue weighted by Gasteiger charge is -2.24. The second-order valence-electron chi connectivity index (χ2n) is 11.5. The van der Waals surface area contributed by atoms with Gasteiger partial charge in [-0.05, 0) is 74.0 Å². The molecule has 0 aliphatic carbocycles. The minimum absolute atomic E-state index is 0.00619. The molecule has 0 saturated carbocycles. The van der Waals surface area contributed by atoms with Gasteiger partial charge in [0.15, 0.2) is 0 Å². The Bertz CT molecular complexity index is 1320. The molecule has 15 heteroatoms. The summed E-state index contributed by atoms with van der Waals surface area (Å²) in [6.07, 6.45) is -3.82. The summed E-state index contributed by atoms with van der Waals surface area (Å²) >= 11 is 0. The lowest BCUT2D eigenvalue weighted by Crippen LogP contribution is -2.50. The number of alkyl halides is 3. The van der Waals surface area contributed by atoms with Crippen LogP contribution < -0.4 is 33.3 Å². The minimum atomic E-state index is -4.46. The van der Waals surface area contributed by atoms with Crippen LogP contribution in [0.4, 0.5) is 13.2 Å². The van der Waals surface area contributed by atoms with E-state index in [1.165, 1.54) is 17.0 Å². The van der Waals surface area contributed by atoms with E-state index < -0.39 is 48.4 Å². The monoisotopic (exact) mass is 634 g/mol. The Balaban J connectivity index is 1.67. The molecular weight excluding hydrogens is 592 g/mol. The molecule has 2 atom stereocenters. The normalized spacial score (nSPS) is 15.3. The number of hydrogen-bond donors (Lipinski definition) is 6. The molecule has 0 saturated heterocycles. The van der Waals surface area contributed by atoms with E-state index in [0.717, 1.165) is 17.7 Å². The molecule has 246 valence electrons. The number of nitrogens with one attached hydrogen (secondary N) is 2. The first-order valence-electron chi connectivity index (χ1n) is 14.8. The summed E-state index contributed by atoms with van der Waals surface area (Å²) in [5, 5.41) is 15.9. The number of hydrogen-bond acceptors (Lipinski definition) is 8. The van der Waals surface area contributed by atoms with E-state index in [-0.39, 0.29) is 50.4 Å². The maximum Gasteiger partial charge on any atom is 0.492 e. The number of benzene rings is 2. The fourth-order valence-corrected chi connectivity index (χ4v) is 5.16. The Morgan fingerprint density at radius 2 is 1.69 bits per heavy atom. The van der Waals surface area contributed by atoms with Crippen LogP contribution in [0, 0.1) is 0 Å². The van der Waals surface area contributed by atoms with Crippen LogP contribution in [-0.2, 0) is 32.4 Å². The highest BCUT2D eigenvalue weighted by molar-refractivity contribution is 6.62. The Kier molecular flexibility index (Phi) is 12.5. The smallest absolute Gasteiger partial charge is 0.423 e. The third-order valence-electron chi connectivity index (χ3n) is 7.71. The van der Waals surface area contributed by atoms with Gasteiger partial charge in [0.1, 0.15) is 0 Å². The molecule has 0 radical (unpaired) electrons. The third-order valence-corrected chi connectivity index (χ3v) is 7.71. The molecule has 0 aromatic heterocycles. The van der Waals surface area contributed by atoms with Crippen molar-refractivity contribution >= 4 is 30.3 Å². The molecule has 1 heterocycles. The van der Waals surface area contributed by atoms with Crippen LogP contribution in [0.3, 0.4) is 0 Å². The quantitative estimate of drug-likeness (QED) is 0.152. The topological polar surface area (TPSA) is 186 Å². The van der Waals surface area contributed by atoms with Gasteiger partial charge in [0, 0.05) is 50.7 Å². The van der Waals surface area contributed by atoms with Crippen LogP contribution in [0.2, 0.25) is 0 Å². The van der Waals surface area contributed by atoms with Crippen LogP contribution in [0.25, 0.3) is 0 Å². The van der Waals surface area contributed by atoms with E-state index in [1.807, 2.05) is 13.8 Å². The zero-order valence-electron chi connectivity index (χ0n) is 25.5. The highest BCUT2D eigenvalue weighted by Crippen LogP contribution is 2.30. The number of amides is 3. The average molecular weight is 635 g/mol. The third kappa shape index (κ3) is 10.00. The van der Waals surface area contributed by atoms with Gasteiger partial charge >= 0.3 is 13.3 Å². The Hall–Kier alpha value is -3.50. The highest BCUT2D eigenvalue weighted by Gasteiger charge is 2.40. The molecule has 0 bridgehead atoms. The van der Waals surface area contributed by atoms with Crippen molar-refractivity contribution in [3.05, 3.63) is 64.7 Å². The zero-order chi connectivity index (χ0) is 33.4. The van der Waals surface area contributed by atoms with Crippen LogP contribution >= 0.6 is 0 Å². The highest BCUT2D eigenvalue weighted by atomic mass is 19.4. The minimum Gasteiger partial charge on any atom is -0.423 e. The predicted molar refractivity (Wildman–Crippen MR) is 164 cm³/mol. The van der Waals surface area contributed by atoms with Crippen molar-refractivity contribution < 1.29 is 37.2 Å². The molecule has 2 unspecified atom stereocenters. The molecule has 2 aromatic carbocycles. The second-order valence-corrected chi connectivity index (χ2v) is 11.5. The van der Waals surface area contributed by atoms with Crippen molar-refractivity contribution in [2.24, 2.45) is 17.2 Å². The first-order chi connectivity index (χ1) is 21.2. The van der Waals surface area contributed by atoms with Crippen molar-refractivity contribution in [1.29, 1.82) is 0 Å². The molecule has 1 aliphatic heterocycles. The number of fused-ring (bicyclic) bond motifs is 1. The number of nitrogens with zero attached hydrogens (tertiary/aromatic N) is 1. The fraction of sp³-hybridized carbons (Fsp3) is 0.500. The molecule has 1 aliphatic rings. The van der Waals surface area contributed by atoms with Gasteiger partial charge < -0.3 is 42.4 Å².